The topological polar surface area (TPSA) is 61.8 Å². The average Bonchev–Trinajstić information content (AvgIpc) is 2.08. The van der Waals surface area contributed by atoms with Gasteiger partial charge in [0, 0.05) is 5.57 Å². The van der Waals surface area contributed by atoms with E-state index in [0.29, 0.717) is 0 Å². The van der Waals surface area contributed by atoms with Gasteiger partial charge in [-0.3, -0.25) is 0 Å². The van der Waals surface area contributed by atoms with E-state index < -0.39 is 16.1 Å². The van der Waals surface area contributed by atoms with Gasteiger partial charge in [-0.1, -0.05) is 6.58 Å². The van der Waals surface area contributed by atoms with E-state index in [0.717, 1.165) is 0 Å². The molecule has 0 aliphatic rings. The van der Waals surface area contributed by atoms with E-state index in [1.54, 1.807) is 0 Å². The third kappa shape index (κ3) is 8.64. The molecule has 0 aromatic heterocycles. The maximum absolute atomic E-state index is 10.9. The van der Waals surface area contributed by atoms with Crippen molar-refractivity contribution >= 4 is 46.9 Å². The lowest BCUT2D eigenvalue weighted by atomic mass is 10.4. The molecule has 0 rings (SSSR count). The standard InChI is InChI=1S/C8H9Cl3O5/c1-5(2)6(12)14-3-4-15-7(13)16-8(9,10)11/h1,3-4H2,2H3. The van der Waals surface area contributed by atoms with E-state index in [1.165, 1.54) is 6.92 Å². The van der Waals surface area contributed by atoms with Crippen molar-refractivity contribution in [3.63, 3.8) is 0 Å². The van der Waals surface area contributed by atoms with Crippen molar-refractivity contribution in [2.75, 3.05) is 13.2 Å². The third-order valence-electron chi connectivity index (χ3n) is 1.08. The van der Waals surface area contributed by atoms with Gasteiger partial charge in [0.2, 0.25) is 0 Å². The van der Waals surface area contributed by atoms with Crippen molar-refractivity contribution in [2.24, 2.45) is 0 Å². The number of carbonyl (C=O) groups excluding carboxylic acids is 2. The van der Waals surface area contributed by atoms with Crippen LogP contribution in [-0.2, 0) is 19.0 Å². The predicted octanol–water partition coefficient (Wildman–Crippen LogP) is 2.59. The zero-order chi connectivity index (χ0) is 12.8. The molecule has 0 aromatic carbocycles. The molecule has 0 spiro atoms. The summed E-state index contributed by atoms with van der Waals surface area (Å²) in [7, 11) is 0. The Bertz CT molecular complexity index is 284. The van der Waals surface area contributed by atoms with Gasteiger partial charge >= 0.3 is 16.1 Å². The van der Waals surface area contributed by atoms with Crippen molar-refractivity contribution in [1.82, 2.24) is 0 Å². The van der Waals surface area contributed by atoms with Gasteiger partial charge < -0.3 is 14.2 Å². The molecule has 8 heteroatoms. The van der Waals surface area contributed by atoms with Crippen LogP contribution in [0.1, 0.15) is 6.92 Å². The SMILES string of the molecule is C=C(C)C(=O)OCCOC(=O)OC(Cl)(Cl)Cl. The van der Waals surface area contributed by atoms with Crippen LogP contribution < -0.4 is 0 Å². The molecule has 0 bridgehead atoms. The van der Waals surface area contributed by atoms with Gasteiger partial charge in [-0.25, -0.2) is 9.59 Å². The lowest BCUT2D eigenvalue weighted by molar-refractivity contribution is -0.140. The van der Waals surface area contributed by atoms with E-state index >= 15 is 0 Å². The average molecular weight is 292 g/mol. The van der Waals surface area contributed by atoms with Crippen LogP contribution in [0, 0.1) is 0 Å². The summed E-state index contributed by atoms with van der Waals surface area (Å²) in [5.41, 5.74) is 0.240. The number of carbonyl (C=O) groups is 2. The fourth-order valence-electron chi connectivity index (χ4n) is 0.507. The molecule has 92 valence electrons. The second kappa shape index (κ2) is 6.83. The molecule has 0 aliphatic heterocycles. The maximum Gasteiger partial charge on any atom is 0.511 e. The monoisotopic (exact) mass is 290 g/mol. The fraction of sp³-hybridized carbons (Fsp3) is 0.500. The zero-order valence-corrected chi connectivity index (χ0v) is 10.6. The van der Waals surface area contributed by atoms with E-state index in [2.05, 4.69) is 20.8 Å². The summed E-state index contributed by atoms with van der Waals surface area (Å²) in [6.45, 7) is 4.50. The number of hydrogen-bond acceptors (Lipinski definition) is 5. The number of rotatable bonds is 4. The quantitative estimate of drug-likeness (QED) is 0.345. The van der Waals surface area contributed by atoms with Gasteiger partial charge in [0.1, 0.15) is 13.2 Å². The first-order valence-corrected chi connectivity index (χ1v) is 5.11. The minimum Gasteiger partial charge on any atom is -0.459 e. The minimum absolute atomic E-state index is 0.138. The van der Waals surface area contributed by atoms with Crippen LogP contribution in [0.3, 0.4) is 0 Å². The van der Waals surface area contributed by atoms with Crippen LogP contribution >= 0.6 is 34.8 Å². The number of halogens is 3. The molecular formula is C8H9Cl3O5. The summed E-state index contributed by atoms with van der Waals surface area (Å²) in [6.07, 6.45) is -1.17. The molecule has 0 radical (unpaired) electrons. The first kappa shape index (κ1) is 15.3. The Hall–Kier alpha value is -0.650. The molecule has 16 heavy (non-hydrogen) atoms. The van der Waals surface area contributed by atoms with Crippen LogP contribution in [0.25, 0.3) is 0 Å². The number of alkyl halides is 3. The summed E-state index contributed by atoms with van der Waals surface area (Å²) in [5.74, 6) is -0.585. The Morgan fingerprint density at radius 3 is 2.12 bits per heavy atom. The first-order chi connectivity index (χ1) is 7.22. The summed E-state index contributed by atoms with van der Waals surface area (Å²) >= 11 is 15.4. The van der Waals surface area contributed by atoms with Gasteiger partial charge in [0.05, 0.1) is 0 Å². The van der Waals surface area contributed by atoms with E-state index in [9.17, 15) is 9.59 Å². The largest absolute Gasteiger partial charge is 0.511 e. The predicted molar refractivity (Wildman–Crippen MR) is 58.5 cm³/mol. The molecule has 0 atom stereocenters. The number of hydrogen-bond donors (Lipinski definition) is 0. The molecule has 0 aromatic rings. The van der Waals surface area contributed by atoms with Crippen LogP contribution in [0.2, 0.25) is 0 Å². The molecular weight excluding hydrogens is 282 g/mol. The normalized spacial score (nSPS) is 10.5. The van der Waals surface area contributed by atoms with Gasteiger partial charge in [-0.15, -0.1) is 0 Å². The van der Waals surface area contributed by atoms with Crippen LogP contribution in [0.4, 0.5) is 4.79 Å². The maximum atomic E-state index is 10.9. The van der Waals surface area contributed by atoms with Crippen LogP contribution in [0.15, 0.2) is 12.2 Å². The Morgan fingerprint density at radius 2 is 1.69 bits per heavy atom. The van der Waals surface area contributed by atoms with Crippen molar-refractivity contribution in [2.45, 2.75) is 10.9 Å². The highest BCUT2D eigenvalue weighted by molar-refractivity contribution is 6.66. The lowest BCUT2D eigenvalue weighted by Gasteiger charge is -2.11. The van der Waals surface area contributed by atoms with Crippen molar-refractivity contribution in [1.29, 1.82) is 0 Å². The van der Waals surface area contributed by atoms with Crippen LogP contribution in [0.5, 0.6) is 0 Å². The Morgan fingerprint density at radius 1 is 1.19 bits per heavy atom. The van der Waals surface area contributed by atoms with Gasteiger partial charge in [0.25, 0.3) is 0 Å². The Balaban J connectivity index is 3.64. The second-order valence-corrected chi connectivity index (χ2v) is 4.74. The van der Waals surface area contributed by atoms with Gasteiger partial charge in [-0.2, -0.15) is 0 Å². The molecule has 0 aliphatic carbocycles. The van der Waals surface area contributed by atoms with Gasteiger partial charge in [0.15, 0.2) is 0 Å². The smallest absolute Gasteiger partial charge is 0.459 e. The Kier molecular flexibility index (Phi) is 6.55. The molecule has 0 saturated carbocycles. The molecule has 0 unspecified atom stereocenters. The summed E-state index contributed by atoms with van der Waals surface area (Å²) < 4.78 is 11.0. The zero-order valence-electron chi connectivity index (χ0n) is 8.30. The highest BCUT2D eigenvalue weighted by atomic mass is 35.6. The molecule has 5 nitrogen and oxygen atoms in total. The molecule has 0 amide bonds. The molecule has 0 heterocycles. The second-order valence-electron chi connectivity index (χ2n) is 2.56. The third-order valence-corrected chi connectivity index (χ3v) is 1.32. The fourth-order valence-corrected chi connectivity index (χ4v) is 0.696. The minimum atomic E-state index is -2.18. The summed E-state index contributed by atoms with van der Waals surface area (Å²) in [5, 5.41) is 0. The number of esters is 1. The van der Waals surface area contributed by atoms with Crippen molar-refractivity contribution in [3.8, 4) is 0 Å². The van der Waals surface area contributed by atoms with Crippen LogP contribution in [-0.4, -0.2) is 29.3 Å². The van der Waals surface area contributed by atoms with Crippen molar-refractivity contribution in [3.05, 3.63) is 12.2 Å². The summed E-state index contributed by atoms with van der Waals surface area (Å²) in [6, 6.07) is 0. The number of ether oxygens (including phenoxy) is 3. The first-order valence-electron chi connectivity index (χ1n) is 3.97. The van der Waals surface area contributed by atoms with E-state index in [4.69, 9.17) is 34.8 Å². The van der Waals surface area contributed by atoms with E-state index in [1.807, 2.05) is 0 Å². The highest BCUT2D eigenvalue weighted by Crippen LogP contribution is 2.27. The summed E-state index contributed by atoms with van der Waals surface area (Å²) in [4.78, 5) is 21.6. The van der Waals surface area contributed by atoms with Crippen molar-refractivity contribution < 1.29 is 23.8 Å². The van der Waals surface area contributed by atoms with Gasteiger partial charge in [-0.05, 0) is 41.7 Å². The molecule has 0 fully saturated rings. The molecule has 0 N–H and O–H groups in total. The highest BCUT2D eigenvalue weighted by Gasteiger charge is 2.26. The Labute approximate surface area is 107 Å². The molecule has 0 saturated heterocycles. The van der Waals surface area contributed by atoms with E-state index in [-0.39, 0.29) is 18.8 Å². The lowest BCUT2D eigenvalue weighted by Crippen LogP contribution is -2.19.